The quantitative estimate of drug-likeness (QED) is 0.336. The molecular formula is C9H15N3O4S. The van der Waals surface area contributed by atoms with Crippen LogP contribution in [0.3, 0.4) is 0 Å². The van der Waals surface area contributed by atoms with Crippen molar-refractivity contribution in [2.75, 3.05) is 25.4 Å². The van der Waals surface area contributed by atoms with Crippen molar-refractivity contribution in [2.24, 2.45) is 0 Å². The number of hydrogen-bond donors (Lipinski definition) is 5. The van der Waals surface area contributed by atoms with Crippen LogP contribution in [0.15, 0.2) is 12.3 Å². The Morgan fingerprint density at radius 1 is 1.00 bits per heavy atom. The molecule has 0 radical (unpaired) electrons. The Balaban J connectivity index is 3.66. The van der Waals surface area contributed by atoms with E-state index in [1.807, 2.05) is 0 Å². The molecule has 0 aliphatic heterocycles. The number of aliphatic carboxylic acids is 1. The molecule has 4 N–H and O–H groups in total. The minimum absolute atomic E-state index is 0.0140. The van der Waals surface area contributed by atoms with Crippen LogP contribution >= 0.6 is 12.6 Å². The molecule has 0 aromatic rings. The second-order valence-corrected chi connectivity index (χ2v) is 3.38. The number of carboxylic acids is 1. The fourth-order valence-corrected chi connectivity index (χ4v) is 0.877. The second kappa shape index (κ2) is 8.45. The second-order valence-electron chi connectivity index (χ2n) is 3.06. The van der Waals surface area contributed by atoms with Gasteiger partial charge in [-0.05, 0) is 0 Å². The number of amides is 2. The highest BCUT2D eigenvalue weighted by Crippen LogP contribution is 1.80. The number of thiol groups is 1. The van der Waals surface area contributed by atoms with Crippen LogP contribution in [0.1, 0.15) is 0 Å². The molecule has 0 rings (SSSR count). The summed E-state index contributed by atoms with van der Waals surface area (Å²) >= 11 is 3.73. The van der Waals surface area contributed by atoms with Crippen molar-refractivity contribution in [1.29, 1.82) is 0 Å². The summed E-state index contributed by atoms with van der Waals surface area (Å²) in [5.74, 6) is -1.73. The highest BCUT2D eigenvalue weighted by Gasteiger charge is 2.04. The van der Waals surface area contributed by atoms with E-state index in [1.165, 1.54) is 0 Å². The number of nitrogens with one attached hydrogen (secondary N) is 3. The van der Waals surface area contributed by atoms with Gasteiger partial charge in [0.1, 0.15) is 6.54 Å². The summed E-state index contributed by atoms with van der Waals surface area (Å²) < 4.78 is 0. The van der Waals surface area contributed by atoms with Gasteiger partial charge < -0.3 is 21.1 Å². The van der Waals surface area contributed by atoms with E-state index in [1.54, 1.807) is 0 Å². The van der Waals surface area contributed by atoms with E-state index in [2.05, 4.69) is 35.2 Å². The van der Waals surface area contributed by atoms with Crippen molar-refractivity contribution in [3.8, 4) is 0 Å². The van der Waals surface area contributed by atoms with Crippen LogP contribution in [0.25, 0.3) is 0 Å². The lowest BCUT2D eigenvalue weighted by molar-refractivity contribution is -0.135. The molecule has 2 amide bonds. The standard InChI is InChI=1S/C9H15N3O4S/c1-6(10-4-9(15)16)2-11-7(13)3-12-8(14)5-17/h10,17H,1-5H2,(H,11,13)(H,12,14)(H,15,16). The van der Waals surface area contributed by atoms with Gasteiger partial charge in [0.25, 0.3) is 0 Å². The smallest absolute Gasteiger partial charge is 0.322 e. The Hall–Kier alpha value is -1.70. The number of carboxylic acid groups (broad SMARTS) is 1. The maximum absolute atomic E-state index is 11.2. The average Bonchev–Trinajstić information content (AvgIpc) is 2.30. The van der Waals surface area contributed by atoms with E-state index in [0.717, 1.165) is 0 Å². The minimum atomic E-state index is -1.02. The molecule has 8 heteroatoms. The molecule has 0 heterocycles. The molecule has 0 bridgehead atoms. The van der Waals surface area contributed by atoms with Gasteiger partial charge in [0.15, 0.2) is 0 Å². The molecule has 96 valence electrons. The summed E-state index contributed by atoms with van der Waals surface area (Å²) in [6.07, 6.45) is 0. The van der Waals surface area contributed by atoms with Crippen molar-refractivity contribution < 1.29 is 19.5 Å². The van der Waals surface area contributed by atoms with Gasteiger partial charge in [0.05, 0.1) is 18.8 Å². The van der Waals surface area contributed by atoms with Crippen molar-refractivity contribution in [2.45, 2.75) is 0 Å². The normalized spacial score (nSPS) is 9.24. The molecule has 0 aliphatic rings. The first kappa shape index (κ1) is 15.3. The Kier molecular flexibility index (Phi) is 7.61. The Morgan fingerprint density at radius 2 is 1.59 bits per heavy atom. The first-order valence-corrected chi connectivity index (χ1v) is 5.36. The molecular weight excluding hydrogens is 246 g/mol. The highest BCUT2D eigenvalue weighted by molar-refractivity contribution is 7.81. The predicted molar refractivity (Wildman–Crippen MR) is 64.7 cm³/mol. The number of hydrogen-bond acceptors (Lipinski definition) is 5. The maximum Gasteiger partial charge on any atom is 0.322 e. The SMILES string of the molecule is C=C(CNC(=O)CNC(=O)CS)NCC(=O)O. The zero-order valence-corrected chi connectivity index (χ0v) is 10.0. The first-order valence-electron chi connectivity index (χ1n) is 4.73. The van der Waals surface area contributed by atoms with Gasteiger partial charge >= 0.3 is 5.97 Å². The molecule has 0 saturated carbocycles. The van der Waals surface area contributed by atoms with E-state index >= 15 is 0 Å². The summed E-state index contributed by atoms with van der Waals surface area (Å²) in [5, 5.41) is 15.7. The Labute approximate surface area is 104 Å². The monoisotopic (exact) mass is 261 g/mol. The molecule has 17 heavy (non-hydrogen) atoms. The Bertz CT molecular complexity index is 319. The fourth-order valence-electron chi connectivity index (χ4n) is 0.766. The van der Waals surface area contributed by atoms with E-state index in [9.17, 15) is 14.4 Å². The summed E-state index contributed by atoms with van der Waals surface area (Å²) in [5.41, 5.74) is 0.376. The van der Waals surface area contributed by atoms with Crippen LogP contribution in [-0.4, -0.2) is 48.3 Å². The van der Waals surface area contributed by atoms with E-state index < -0.39 is 11.9 Å². The molecule has 0 spiro atoms. The van der Waals surface area contributed by atoms with Gasteiger partial charge in [-0.25, -0.2) is 0 Å². The fraction of sp³-hybridized carbons (Fsp3) is 0.444. The highest BCUT2D eigenvalue weighted by atomic mass is 32.1. The van der Waals surface area contributed by atoms with Gasteiger partial charge in [-0.3, -0.25) is 14.4 Å². The van der Waals surface area contributed by atoms with Crippen molar-refractivity contribution in [3.63, 3.8) is 0 Å². The third kappa shape index (κ3) is 9.24. The van der Waals surface area contributed by atoms with Crippen molar-refractivity contribution in [3.05, 3.63) is 12.3 Å². The van der Waals surface area contributed by atoms with Crippen LogP contribution in [0.2, 0.25) is 0 Å². The minimum Gasteiger partial charge on any atom is -0.480 e. The van der Waals surface area contributed by atoms with Gasteiger partial charge in [-0.2, -0.15) is 12.6 Å². The molecule has 0 aromatic heterocycles. The van der Waals surface area contributed by atoms with Crippen molar-refractivity contribution in [1.82, 2.24) is 16.0 Å². The van der Waals surface area contributed by atoms with E-state index in [4.69, 9.17) is 5.11 Å². The summed E-state index contributed by atoms with van der Waals surface area (Å²) in [6.45, 7) is 3.22. The lowest BCUT2D eigenvalue weighted by Crippen LogP contribution is -2.39. The molecule has 0 aliphatic carbocycles. The first-order chi connectivity index (χ1) is 7.95. The van der Waals surface area contributed by atoms with Gasteiger partial charge in [0, 0.05) is 5.70 Å². The molecule has 0 atom stereocenters. The van der Waals surface area contributed by atoms with Crippen LogP contribution in [0.5, 0.6) is 0 Å². The number of carbonyl (C=O) groups excluding carboxylic acids is 2. The molecule has 0 unspecified atom stereocenters. The zero-order valence-electron chi connectivity index (χ0n) is 9.15. The predicted octanol–water partition coefficient (Wildman–Crippen LogP) is -1.66. The van der Waals surface area contributed by atoms with E-state index in [0.29, 0.717) is 5.70 Å². The zero-order chi connectivity index (χ0) is 13.3. The Morgan fingerprint density at radius 3 is 2.12 bits per heavy atom. The molecule has 7 nitrogen and oxygen atoms in total. The molecule has 0 aromatic carbocycles. The average molecular weight is 261 g/mol. The lowest BCUT2D eigenvalue weighted by Gasteiger charge is -2.09. The topological polar surface area (TPSA) is 108 Å². The van der Waals surface area contributed by atoms with Crippen molar-refractivity contribution >= 4 is 30.4 Å². The van der Waals surface area contributed by atoms with Gasteiger partial charge in [-0.15, -0.1) is 0 Å². The molecule has 0 fully saturated rings. The summed E-state index contributed by atoms with van der Waals surface area (Å²) in [4.78, 5) is 32.1. The van der Waals surface area contributed by atoms with Gasteiger partial charge in [-0.1, -0.05) is 6.58 Å². The number of rotatable bonds is 8. The van der Waals surface area contributed by atoms with Crippen LogP contribution in [0, 0.1) is 0 Å². The van der Waals surface area contributed by atoms with Crippen LogP contribution in [-0.2, 0) is 14.4 Å². The third-order valence-corrected chi connectivity index (χ3v) is 1.87. The van der Waals surface area contributed by atoms with Crippen LogP contribution < -0.4 is 16.0 Å². The third-order valence-electron chi connectivity index (χ3n) is 1.58. The summed E-state index contributed by atoms with van der Waals surface area (Å²) in [7, 11) is 0. The molecule has 0 saturated heterocycles. The van der Waals surface area contributed by atoms with Gasteiger partial charge in [0.2, 0.25) is 11.8 Å². The lowest BCUT2D eigenvalue weighted by atomic mass is 10.4. The van der Waals surface area contributed by atoms with E-state index in [-0.39, 0.29) is 31.3 Å². The van der Waals surface area contributed by atoms with Crippen LogP contribution in [0.4, 0.5) is 0 Å². The number of carbonyl (C=O) groups is 3. The largest absolute Gasteiger partial charge is 0.480 e. The maximum atomic E-state index is 11.2. The summed E-state index contributed by atoms with van der Waals surface area (Å²) in [6, 6.07) is 0.